The minimum absolute atomic E-state index is 0.0598. The summed E-state index contributed by atoms with van der Waals surface area (Å²) >= 11 is 0. The largest absolute Gasteiger partial charge is 0.378 e. The van der Waals surface area contributed by atoms with Crippen molar-refractivity contribution in [1.29, 1.82) is 0 Å². The van der Waals surface area contributed by atoms with Crippen LogP contribution in [0.1, 0.15) is 5.56 Å². The second-order valence-corrected chi connectivity index (χ2v) is 6.93. The van der Waals surface area contributed by atoms with E-state index in [-0.39, 0.29) is 11.4 Å². The lowest BCUT2D eigenvalue weighted by molar-refractivity contribution is 0.577. The molecule has 0 saturated carbocycles. The number of benzene rings is 2. The molecule has 0 heterocycles. The first-order valence-electron chi connectivity index (χ1n) is 6.90. The average Bonchev–Trinajstić information content (AvgIpc) is 2.47. The molecule has 2 aromatic carbocycles. The molecule has 2 rings (SSSR count). The molecule has 0 aliphatic heterocycles. The van der Waals surface area contributed by atoms with E-state index in [0.717, 1.165) is 17.3 Å². The van der Waals surface area contributed by atoms with Gasteiger partial charge in [-0.2, -0.15) is 0 Å². The summed E-state index contributed by atoms with van der Waals surface area (Å²) < 4.78 is 39.6. The van der Waals surface area contributed by atoms with Gasteiger partial charge in [0.2, 0.25) is 10.0 Å². The van der Waals surface area contributed by atoms with Crippen molar-refractivity contribution >= 4 is 15.7 Å². The first kappa shape index (κ1) is 16.5. The lowest BCUT2D eigenvalue weighted by Gasteiger charge is -2.12. The Bertz CT molecular complexity index is 728. The van der Waals surface area contributed by atoms with Crippen LogP contribution < -0.4 is 9.62 Å². The third-order valence-electron chi connectivity index (χ3n) is 3.26. The summed E-state index contributed by atoms with van der Waals surface area (Å²) in [5.74, 6) is -0.567. The van der Waals surface area contributed by atoms with Crippen molar-refractivity contribution in [2.45, 2.75) is 11.3 Å². The van der Waals surface area contributed by atoms with Crippen LogP contribution >= 0.6 is 0 Å². The lowest BCUT2D eigenvalue weighted by Crippen LogP contribution is -2.26. The Hall–Kier alpha value is -1.92. The Morgan fingerprint density at radius 3 is 2.36 bits per heavy atom. The molecule has 0 fully saturated rings. The molecule has 0 bridgehead atoms. The van der Waals surface area contributed by atoms with Crippen LogP contribution in [0.25, 0.3) is 0 Å². The van der Waals surface area contributed by atoms with Crippen LogP contribution in [0.5, 0.6) is 0 Å². The molecule has 0 aliphatic rings. The normalized spacial score (nSPS) is 11.4. The molecule has 0 saturated heterocycles. The monoisotopic (exact) mass is 322 g/mol. The first-order chi connectivity index (χ1) is 10.4. The number of nitrogens with one attached hydrogen (secondary N) is 1. The molecule has 0 atom stereocenters. The molecular formula is C16H19FN2O2S. The van der Waals surface area contributed by atoms with Crippen LogP contribution in [-0.4, -0.2) is 29.1 Å². The number of nitrogens with zero attached hydrogens (tertiary/aromatic N) is 1. The Balaban J connectivity index is 1.95. The molecule has 4 nitrogen and oxygen atoms in total. The van der Waals surface area contributed by atoms with Gasteiger partial charge in [-0.25, -0.2) is 17.5 Å². The second-order valence-electron chi connectivity index (χ2n) is 5.17. The van der Waals surface area contributed by atoms with E-state index in [0.29, 0.717) is 6.42 Å². The average molecular weight is 322 g/mol. The number of halogens is 1. The third kappa shape index (κ3) is 4.29. The summed E-state index contributed by atoms with van der Waals surface area (Å²) in [6, 6.07) is 12.9. The summed E-state index contributed by atoms with van der Waals surface area (Å²) in [5.41, 5.74) is 2.12. The van der Waals surface area contributed by atoms with Crippen LogP contribution in [0.3, 0.4) is 0 Å². The summed E-state index contributed by atoms with van der Waals surface area (Å²) in [4.78, 5) is 1.94. The lowest BCUT2D eigenvalue weighted by atomic mass is 10.1. The highest BCUT2D eigenvalue weighted by molar-refractivity contribution is 7.89. The Labute approximate surface area is 130 Å². The fourth-order valence-electron chi connectivity index (χ4n) is 2.01. The molecular weight excluding hydrogens is 303 g/mol. The van der Waals surface area contributed by atoms with Crippen LogP contribution in [0.15, 0.2) is 53.4 Å². The van der Waals surface area contributed by atoms with Gasteiger partial charge in [0.05, 0.1) is 4.90 Å². The minimum atomic E-state index is -3.67. The van der Waals surface area contributed by atoms with E-state index in [1.807, 2.05) is 43.3 Å². The van der Waals surface area contributed by atoms with E-state index < -0.39 is 15.8 Å². The van der Waals surface area contributed by atoms with Crippen molar-refractivity contribution in [2.75, 3.05) is 25.5 Å². The number of rotatable bonds is 6. The van der Waals surface area contributed by atoms with Gasteiger partial charge in [0, 0.05) is 26.3 Å². The van der Waals surface area contributed by atoms with Gasteiger partial charge in [-0.15, -0.1) is 0 Å². The van der Waals surface area contributed by atoms with Crippen molar-refractivity contribution in [3.8, 4) is 0 Å². The van der Waals surface area contributed by atoms with Gasteiger partial charge in [0.15, 0.2) is 0 Å². The van der Waals surface area contributed by atoms with Crippen molar-refractivity contribution in [1.82, 2.24) is 4.72 Å². The molecule has 6 heteroatoms. The smallest absolute Gasteiger partial charge is 0.240 e. The Kier molecular flexibility index (Phi) is 5.15. The zero-order valence-electron chi connectivity index (χ0n) is 12.6. The van der Waals surface area contributed by atoms with E-state index in [4.69, 9.17) is 0 Å². The van der Waals surface area contributed by atoms with Gasteiger partial charge >= 0.3 is 0 Å². The summed E-state index contributed by atoms with van der Waals surface area (Å²) in [6.45, 7) is 0.264. The standard InChI is InChI=1S/C16H19FN2O2S/c1-19(2)15-8-6-13(7-9-15)10-11-18-22(20,21)16-5-3-4-14(17)12-16/h3-9,12,18H,10-11H2,1-2H3. The van der Waals surface area contributed by atoms with E-state index in [1.54, 1.807) is 0 Å². The summed E-state index contributed by atoms with van der Waals surface area (Å²) in [7, 11) is 0.248. The minimum Gasteiger partial charge on any atom is -0.378 e. The molecule has 0 amide bonds. The zero-order valence-corrected chi connectivity index (χ0v) is 13.4. The number of anilines is 1. The molecule has 22 heavy (non-hydrogen) atoms. The van der Waals surface area contributed by atoms with Gasteiger partial charge in [-0.05, 0) is 42.3 Å². The highest BCUT2D eigenvalue weighted by atomic mass is 32.2. The Morgan fingerprint density at radius 2 is 1.77 bits per heavy atom. The molecule has 118 valence electrons. The molecule has 1 N–H and O–H groups in total. The van der Waals surface area contributed by atoms with Crippen molar-refractivity contribution in [3.63, 3.8) is 0 Å². The van der Waals surface area contributed by atoms with Crippen LogP contribution in [-0.2, 0) is 16.4 Å². The first-order valence-corrected chi connectivity index (χ1v) is 8.38. The van der Waals surface area contributed by atoms with Gasteiger partial charge in [-0.3, -0.25) is 0 Å². The molecule has 0 unspecified atom stereocenters. The fourth-order valence-corrected chi connectivity index (χ4v) is 3.07. The highest BCUT2D eigenvalue weighted by Gasteiger charge is 2.13. The fraction of sp³-hybridized carbons (Fsp3) is 0.250. The van der Waals surface area contributed by atoms with Crippen molar-refractivity contribution in [2.24, 2.45) is 0 Å². The maximum atomic E-state index is 13.1. The van der Waals surface area contributed by atoms with Gasteiger partial charge < -0.3 is 4.90 Å². The zero-order chi connectivity index (χ0) is 16.2. The second kappa shape index (κ2) is 6.89. The highest BCUT2D eigenvalue weighted by Crippen LogP contribution is 2.13. The molecule has 0 aromatic heterocycles. The maximum Gasteiger partial charge on any atom is 0.240 e. The van der Waals surface area contributed by atoms with Crippen LogP contribution in [0.4, 0.5) is 10.1 Å². The number of hydrogen-bond acceptors (Lipinski definition) is 3. The SMILES string of the molecule is CN(C)c1ccc(CCNS(=O)(=O)c2cccc(F)c2)cc1. The topological polar surface area (TPSA) is 49.4 Å². The maximum absolute atomic E-state index is 13.1. The number of sulfonamides is 1. The number of hydrogen-bond donors (Lipinski definition) is 1. The van der Waals surface area contributed by atoms with E-state index in [1.165, 1.54) is 18.2 Å². The van der Waals surface area contributed by atoms with Gasteiger partial charge in [0.25, 0.3) is 0 Å². The molecule has 2 aromatic rings. The van der Waals surface area contributed by atoms with E-state index in [9.17, 15) is 12.8 Å². The predicted molar refractivity (Wildman–Crippen MR) is 86.1 cm³/mol. The summed E-state index contributed by atoms with van der Waals surface area (Å²) in [6.07, 6.45) is 0.572. The summed E-state index contributed by atoms with van der Waals surface area (Å²) in [5, 5.41) is 0. The molecule has 0 spiro atoms. The predicted octanol–water partition coefficient (Wildman–Crippen LogP) is 2.41. The van der Waals surface area contributed by atoms with Crippen LogP contribution in [0, 0.1) is 5.82 Å². The molecule has 0 radical (unpaired) electrons. The van der Waals surface area contributed by atoms with E-state index in [2.05, 4.69) is 4.72 Å². The van der Waals surface area contributed by atoms with Crippen molar-refractivity contribution < 1.29 is 12.8 Å². The van der Waals surface area contributed by atoms with Gasteiger partial charge in [0.1, 0.15) is 5.82 Å². The van der Waals surface area contributed by atoms with Crippen molar-refractivity contribution in [3.05, 3.63) is 59.9 Å². The van der Waals surface area contributed by atoms with E-state index >= 15 is 0 Å². The van der Waals surface area contributed by atoms with Gasteiger partial charge in [-0.1, -0.05) is 18.2 Å². The third-order valence-corrected chi connectivity index (χ3v) is 4.72. The Morgan fingerprint density at radius 1 is 1.09 bits per heavy atom. The molecule has 0 aliphatic carbocycles. The van der Waals surface area contributed by atoms with Crippen LogP contribution in [0.2, 0.25) is 0 Å². The quantitative estimate of drug-likeness (QED) is 0.888.